The van der Waals surface area contributed by atoms with Crippen LogP contribution in [0.5, 0.6) is 0 Å². The van der Waals surface area contributed by atoms with Gasteiger partial charge in [-0.05, 0) is 37.1 Å². The van der Waals surface area contributed by atoms with Crippen molar-refractivity contribution in [2.24, 2.45) is 0 Å². The van der Waals surface area contributed by atoms with Crippen molar-refractivity contribution in [2.75, 3.05) is 0 Å². The van der Waals surface area contributed by atoms with Gasteiger partial charge in [0.15, 0.2) is 0 Å². The Morgan fingerprint density at radius 2 is 1.28 bits per heavy atom. The SMILES string of the molecule is CC(N[C@@H](C)c1ccccc1)c1ccc(F)cc1. The number of rotatable bonds is 4. The molecule has 0 saturated carbocycles. The molecule has 0 aromatic heterocycles. The average molecular weight is 243 g/mol. The van der Waals surface area contributed by atoms with Gasteiger partial charge in [0.1, 0.15) is 5.82 Å². The van der Waals surface area contributed by atoms with E-state index in [9.17, 15) is 4.39 Å². The molecule has 1 N–H and O–H groups in total. The summed E-state index contributed by atoms with van der Waals surface area (Å²) in [6.07, 6.45) is 0. The van der Waals surface area contributed by atoms with Crippen LogP contribution in [0.2, 0.25) is 0 Å². The van der Waals surface area contributed by atoms with Crippen LogP contribution in [0.25, 0.3) is 0 Å². The fourth-order valence-electron chi connectivity index (χ4n) is 2.06. The minimum atomic E-state index is -0.193. The van der Waals surface area contributed by atoms with Crippen molar-refractivity contribution in [1.29, 1.82) is 0 Å². The topological polar surface area (TPSA) is 12.0 Å². The Hall–Kier alpha value is -1.67. The third-order valence-corrected chi connectivity index (χ3v) is 3.17. The number of benzene rings is 2. The van der Waals surface area contributed by atoms with E-state index in [1.165, 1.54) is 17.7 Å². The number of hydrogen-bond acceptors (Lipinski definition) is 1. The minimum absolute atomic E-state index is 0.193. The van der Waals surface area contributed by atoms with Crippen molar-refractivity contribution in [1.82, 2.24) is 5.32 Å². The lowest BCUT2D eigenvalue weighted by Gasteiger charge is -2.20. The van der Waals surface area contributed by atoms with E-state index in [0.717, 1.165) is 5.56 Å². The monoisotopic (exact) mass is 243 g/mol. The second-order valence-corrected chi connectivity index (χ2v) is 4.57. The van der Waals surface area contributed by atoms with Crippen LogP contribution in [0, 0.1) is 5.82 Å². The molecule has 0 radical (unpaired) electrons. The van der Waals surface area contributed by atoms with Gasteiger partial charge in [0.25, 0.3) is 0 Å². The zero-order chi connectivity index (χ0) is 13.0. The van der Waals surface area contributed by atoms with Gasteiger partial charge in [-0.25, -0.2) is 4.39 Å². The van der Waals surface area contributed by atoms with Gasteiger partial charge in [0.05, 0.1) is 0 Å². The fourth-order valence-corrected chi connectivity index (χ4v) is 2.06. The summed E-state index contributed by atoms with van der Waals surface area (Å²) < 4.78 is 12.9. The van der Waals surface area contributed by atoms with Crippen molar-refractivity contribution in [2.45, 2.75) is 25.9 Å². The Labute approximate surface area is 108 Å². The Morgan fingerprint density at radius 1 is 0.778 bits per heavy atom. The average Bonchev–Trinajstić information content (AvgIpc) is 2.40. The molecule has 2 heteroatoms. The van der Waals surface area contributed by atoms with E-state index in [1.54, 1.807) is 0 Å². The highest BCUT2D eigenvalue weighted by molar-refractivity contribution is 5.22. The molecule has 0 aliphatic carbocycles. The van der Waals surface area contributed by atoms with Crippen molar-refractivity contribution >= 4 is 0 Å². The molecular formula is C16H18FN. The number of halogens is 1. The van der Waals surface area contributed by atoms with E-state index < -0.39 is 0 Å². The molecule has 2 atom stereocenters. The molecule has 0 fully saturated rings. The Balaban J connectivity index is 2.03. The second-order valence-electron chi connectivity index (χ2n) is 4.57. The lowest BCUT2D eigenvalue weighted by molar-refractivity contribution is 0.494. The van der Waals surface area contributed by atoms with Crippen molar-refractivity contribution in [3.05, 3.63) is 71.5 Å². The summed E-state index contributed by atoms with van der Waals surface area (Å²) in [5.41, 5.74) is 2.35. The van der Waals surface area contributed by atoms with Crippen LogP contribution in [0.4, 0.5) is 4.39 Å². The summed E-state index contributed by atoms with van der Waals surface area (Å²) in [6, 6.07) is 17.4. The molecular weight excluding hydrogens is 225 g/mol. The van der Waals surface area contributed by atoms with Gasteiger partial charge in [0.2, 0.25) is 0 Å². The van der Waals surface area contributed by atoms with Crippen LogP contribution in [-0.4, -0.2) is 0 Å². The Bertz CT molecular complexity index is 478. The maximum Gasteiger partial charge on any atom is 0.123 e. The standard InChI is InChI=1S/C16H18FN/c1-12(14-6-4-3-5-7-14)18-13(2)15-8-10-16(17)11-9-15/h3-13,18H,1-2H3/t12-,13?/m0/s1. The van der Waals surface area contributed by atoms with Crippen molar-refractivity contribution in [3.63, 3.8) is 0 Å². The van der Waals surface area contributed by atoms with E-state index in [0.29, 0.717) is 0 Å². The molecule has 0 aliphatic rings. The first-order chi connectivity index (χ1) is 8.66. The van der Waals surface area contributed by atoms with Gasteiger partial charge in [-0.3, -0.25) is 0 Å². The molecule has 2 aromatic rings. The highest BCUT2D eigenvalue weighted by Gasteiger charge is 2.10. The Morgan fingerprint density at radius 3 is 1.83 bits per heavy atom. The van der Waals surface area contributed by atoms with E-state index in [2.05, 4.69) is 31.3 Å². The molecule has 2 rings (SSSR count). The highest BCUT2D eigenvalue weighted by Crippen LogP contribution is 2.19. The molecule has 1 unspecified atom stereocenters. The van der Waals surface area contributed by atoms with Crippen LogP contribution in [0.3, 0.4) is 0 Å². The van der Waals surface area contributed by atoms with E-state index in [-0.39, 0.29) is 17.9 Å². The quantitative estimate of drug-likeness (QED) is 0.847. The van der Waals surface area contributed by atoms with Crippen LogP contribution < -0.4 is 5.32 Å². The third kappa shape index (κ3) is 3.17. The molecule has 0 aliphatic heterocycles. The lowest BCUT2D eigenvalue weighted by Crippen LogP contribution is -2.22. The Kier molecular flexibility index (Phi) is 4.11. The highest BCUT2D eigenvalue weighted by atomic mass is 19.1. The summed E-state index contributed by atoms with van der Waals surface area (Å²) in [6.45, 7) is 4.22. The van der Waals surface area contributed by atoms with Gasteiger partial charge in [-0.15, -0.1) is 0 Å². The zero-order valence-corrected chi connectivity index (χ0v) is 10.7. The fraction of sp³-hybridized carbons (Fsp3) is 0.250. The summed E-state index contributed by atoms with van der Waals surface area (Å²) in [5.74, 6) is -0.193. The van der Waals surface area contributed by atoms with E-state index in [4.69, 9.17) is 0 Å². The summed E-state index contributed by atoms with van der Waals surface area (Å²) in [5, 5.41) is 3.51. The number of nitrogens with one attached hydrogen (secondary N) is 1. The molecule has 94 valence electrons. The van der Waals surface area contributed by atoms with Crippen molar-refractivity contribution in [3.8, 4) is 0 Å². The van der Waals surface area contributed by atoms with Gasteiger partial charge < -0.3 is 5.32 Å². The predicted molar refractivity (Wildman–Crippen MR) is 72.8 cm³/mol. The first-order valence-corrected chi connectivity index (χ1v) is 6.23. The maximum absolute atomic E-state index is 12.9. The van der Waals surface area contributed by atoms with Gasteiger partial charge in [-0.2, -0.15) is 0 Å². The second kappa shape index (κ2) is 5.78. The summed E-state index contributed by atoms with van der Waals surface area (Å²) in [4.78, 5) is 0. The van der Waals surface area contributed by atoms with E-state index in [1.807, 2.05) is 30.3 Å². The van der Waals surface area contributed by atoms with E-state index >= 15 is 0 Å². The smallest absolute Gasteiger partial charge is 0.123 e. The largest absolute Gasteiger partial charge is 0.304 e. The molecule has 2 aromatic carbocycles. The molecule has 0 heterocycles. The molecule has 0 amide bonds. The van der Waals surface area contributed by atoms with Gasteiger partial charge in [-0.1, -0.05) is 42.5 Å². The summed E-state index contributed by atoms with van der Waals surface area (Å²) >= 11 is 0. The minimum Gasteiger partial charge on any atom is -0.304 e. The van der Waals surface area contributed by atoms with Crippen LogP contribution in [0.15, 0.2) is 54.6 Å². The predicted octanol–water partition coefficient (Wildman–Crippen LogP) is 4.24. The molecule has 0 spiro atoms. The molecule has 18 heavy (non-hydrogen) atoms. The lowest BCUT2D eigenvalue weighted by atomic mass is 10.0. The summed E-state index contributed by atoms with van der Waals surface area (Å²) in [7, 11) is 0. The third-order valence-electron chi connectivity index (χ3n) is 3.17. The molecule has 0 saturated heterocycles. The van der Waals surface area contributed by atoms with Crippen LogP contribution in [0.1, 0.15) is 37.1 Å². The normalized spacial score (nSPS) is 14.2. The molecule has 1 nitrogen and oxygen atoms in total. The van der Waals surface area contributed by atoms with Crippen molar-refractivity contribution < 1.29 is 4.39 Å². The van der Waals surface area contributed by atoms with Crippen LogP contribution in [-0.2, 0) is 0 Å². The van der Waals surface area contributed by atoms with Gasteiger partial charge >= 0.3 is 0 Å². The zero-order valence-electron chi connectivity index (χ0n) is 10.7. The van der Waals surface area contributed by atoms with Crippen LogP contribution >= 0.6 is 0 Å². The number of hydrogen-bond donors (Lipinski definition) is 1. The van der Waals surface area contributed by atoms with Gasteiger partial charge in [0, 0.05) is 12.1 Å². The molecule has 0 bridgehead atoms. The first-order valence-electron chi connectivity index (χ1n) is 6.23. The first kappa shape index (κ1) is 12.8. The maximum atomic E-state index is 12.9.